The summed E-state index contributed by atoms with van der Waals surface area (Å²) in [5.74, 6) is 2.03. The molecule has 6 nitrogen and oxygen atoms in total. The highest BCUT2D eigenvalue weighted by atomic mass is 19.4. The van der Waals surface area contributed by atoms with Crippen LogP contribution in [0.15, 0.2) is 18.2 Å². The normalized spacial score (nSPS) is 18.2. The van der Waals surface area contributed by atoms with Crippen molar-refractivity contribution in [3.05, 3.63) is 23.9 Å². The summed E-state index contributed by atoms with van der Waals surface area (Å²) in [5, 5.41) is 6.42. The van der Waals surface area contributed by atoms with Crippen molar-refractivity contribution in [3.8, 4) is 11.5 Å². The first-order valence-corrected chi connectivity index (χ1v) is 9.19. The predicted octanol–water partition coefficient (Wildman–Crippen LogP) is 3.98. The van der Waals surface area contributed by atoms with Crippen LogP contribution in [0, 0.1) is 11.8 Å². The van der Waals surface area contributed by atoms with Crippen LogP contribution in [0.5, 0.6) is 0 Å². The second-order valence-electron chi connectivity index (χ2n) is 7.31. The van der Waals surface area contributed by atoms with E-state index in [-0.39, 0.29) is 17.6 Å². The molecule has 27 heavy (non-hydrogen) atoms. The average molecular weight is 378 g/mol. The van der Waals surface area contributed by atoms with Crippen LogP contribution in [-0.2, 0) is 6.18 Å². The Morgan fingerprint density at radius 1 is 1.04 bits per heavy atom. The van der Waals surface area contributed by atoms with Gasteiger partial charge in [0.15, 0.2) is 5.82 Å². The van der Waals surface area contributed by atoms with Gasteiger partial charge in [-0.25, -0.2) is 4.98 Å². The van der Waals surface area contributed by atoms with E-state index in [1.54, 1.807) is 0 Å². The molecule has 0 saturated heterocycles. The smallest absolute Gasteiger partial charge is 0.354 e. The number of aromatic nitrogens is 4. The highest BCUT2D eigenvalue weighted by Gasteiger charge is 2.33. The number of nitrogens with zero attached hydrogens (tertiary/aromatic N) is 4. The maximum atomic E-state index is 13.0. The van der Waals surface area contributed by atoms with Gasteiger partial charge in [0, 0.05) is 12.6 Å². The van der Waals surface area contributed by atoms with E-state index in [0.717, 1.165) is 25.5 Å². The van der Waals surface area contributed by atoms with Crippen molar-refractivity contribution in [1.82, 2.24) is 19.9 Å². The number of alkyl halides is 3. The zero-order chi connectivity index (χ0) is 19.0. The molecule has 0 amide bonds. The van der Waals surface area contributed by atoms with Crippen LogP contribution >= 0.6 is 0 Å². The third kappa shape index (κ3) is 4.64. The third-order valence-electron chi connectivity index (χ3n) is 4.84. The van der Waals surface area contributed by atoms with Gasteiger partial charge in [0.1, 0.15) is 11.4 Å². The molecule has 0 bridgehead atoms. The highest BCUT2D eigenvalue weighted by molar-refractivity contribution is 5.54. The number of anilines is 2. The van der Waals surface area contributed by atoms with Gasteiger partial charge in [0.05, 0.1) is 0 Å². The maximum Gasteiger partial charge on any atom is 0.433 e. The number of hydrogen-bond donors (Lipinski definition) is 2. The van der Waals surface area contributed by atoms with E-state index in [1.807, 2.05) is 0 Å². The van der Waals surface area contributed by atoms with Crippen molar-refractivity contribution in [2.75, 3.05) is 17.2 Å². The second-order valence-corrected chi connectivity index (χ2v) is 7.31. The topological polar surface area (TPSA) is 75.6 Å². The molecular formula is C18H21F3N6. The zero-order valence-electron chi connectivity index (χ0n) is 14.9. The number of pyridine rings is 1. The number of halogens is 3. The molecule has 0 aliphatic heterocycles. The Bertz CT molecular complexity index is 817. The quantitative estimate of drug-likeness (QED) is 0.759. The number of nitrogens with one attached hydrogen (secondary N) is 2. The van der Waals surface area contributed by atoms with Crippen molar-refractivity contribution in [2.45, 2.75) is 44.8 Å². The maximum absolute atomic E-state index is 13.0. The summed E-state index contributed by atoms with van der Waals surface area (Å²) < 4.78 is 39.0. The summed E-state index contributed by atoms with van der Waals surface area (Å²) in [7, 11) is 0. The van der Waals surface area contributed by atoms with Gasteiger partial charge in [-0.1, -0.05) is 6.07 Å². The average Bonchev–Trinajstić information content (AvgIpc) is 3.53. The standard InChI is InChI=1S/C18H21F3N6/c1-10(12-7-8-12)23-17-26-15(25-16(27-17)22-9-11-5-6-11)13-3-2-4-14(24-13)18(19,20)21/h2-4,10-12H,5-9H2,1H3,(H2,22,23,25,26,27)/t10-/m0/s1. The lowest BCUT2D eigenvalue weighted by Crippen LogP contribution is -2.20. The Morgan fingerprint density at radius 3 is 2.44 bits per heavy atom. The number of rotatable bonds is 7. The Kier molecular flexibility index (Phi) is 4.61. The fourth-order valence-corrected chi connectivity index (χ4v) is 2.83. The first-order valence-electron chi connectivity index (χ1n) is 9.19. The minimum absolute atomic E-state index is 0.0730. The Hall–Kier alpha value is -2.45. The van der Waals surface area contributed by atoms with Gasteiger partial charge in [-0.2, -0.15) is 28.1 Å². The van der Waals surface area contributed by atoms with Crippen molar-refractivity contribution in [1.29, 1.82) is 0 Å². The summed E-state index contributed by atoms with van der Waals surface area (Å²) in [5.41, 5.74) is -0.891. The van der Waals surface area contributed by atoms with Crippen molar-refractivity contribution >= 4 is 11.9 Å². The van der Waals surface area contributed by atoms with Gasteiger partial charge < -0.3 is 10.6 Å². The van der Waals surface area contributed by atoms with Crippen LogP contribution in [0.1, 0.15) is 38.3 Å². The van der Waals surface area contributed by atoms with E-state index in [2.05, 4.69) is 37.5 Å². The van der Waals surface area contributed by atoms with Gasteiger partial charge in [-0.3, -0.25) is 0 Å². The minimum Gasteiger partial charge on any atom is -0.354 e. The Balaban J connectivity index is 1.63. The molecule has 0 spiro atoms. The van der Waals surface area contributed by atoms with Crippen LogP contribution in [0.3, 0.4) is 0 Å². The monoisotopic (exact) mass is 378 g/mol. The number of hydrogen-bond acceptors (Lipinski definition) is 6. The lowest BCUT2D eigenvalue weighted by molar-refractivity contribution is -0.141. The fourth-order valence-electron chi connectivity index (χ4n) is 2.83. The van der Waals surface area contributed by atoms with Crippen LogP contribution in [0.4, 0.5) is 25.1 Å². The predicted molar refractivity (Wildman–Crippen MR) is 95.1 cm³/mol. The van der Waals surface area contributed by atoms with Crippen LogP contribution < -0.4 is 10.6 Å². The molecule has 2 N–H and O–H groups in total. The van der Waals surface area contributed by atoms with Crippen molar-refractivity contribution < 1.29 is 13.2 Å². The van der Waals surface area contributed by atoms with Crippen LogP contribution in [0.2, 0.25) is 0 Å². The molecule has 2 aromatic heterocycles. The largest absolute Gasteiger partial charge is 0.433 e. The summed E-state index contributed by atoms with van der Waals surface area (Å²) in [4.78, 5) is 16.7. The molecule has 2 saturated carbocycles. The highest BCUT2D eigenvalue weighted by Crippen LogP contribution is 2.34. The molecule has 2 fully saturated rings. The van der Waals surface area contributed by atoms with Gasteiger partial charge in [0.25, 0.3) is 0 Å². The van der Waals surface area contributed by atoms with Gasteiger partial charge in [-0.05, 0) is 56.6 Å². The molecule has 2 heterocycles. The third-order valence-corrected chi connectivity index (χ3v) is 4.84. The summed E-state index contributed by atoms with van der Waals surface area (Å²) in [6.45, 7) is 2.80. The molecule has 2 aromatic rings. The van der Waals surface area contributed by atoms with Crippen molar-refractivity contribution in [3.63, 3.8) is 0 Å². The lowest BCUT2D eigenvalue weighted by Gasteiger charge is -2.15. The van der Waals surface area contributed by atoms with E-state index >= 15 is 0 Å². The second kappa shape index (κ2) is 6.94. The molecule has 0 unspecified atom stereocenters. The lowest BCUT2D eigenvalue weighted by atomic mass is 10.2. The zero-order valence-corrected chi connectivity index (χ0v) is 14.9. The molecule has 2 aliphatic carbocycles. The van der Waals surface area contributed by atoms with Gasteiger partial charge >= 0.3 is 6.18 Å². The van der Waals surface area contributed by atoms with E-state index < -0.39 is 11.9 Å². The SMILES string of the molecule is C[C@H](Nc1nc(NCC2CC2)nc(-c2cccc(C(F)(F)F)n2)n1)C1CC1. The van der Waals surface area contributed by atoms with E-state index in [9.17, 15) is 13.2 Å². The molecule has 144 valence electrons. The van der Waals surface area contributed by atoms with Crippen LogP contribution in [0.25, 0.3) is 11.5 Å². The minimum atomic E-state index is -4.52. The first kappa shape index (κ1) is 17.9. The molecule has 4 rings (SSSR count). The van der Waals surface area contributed by atoms with E-state index in [4.69, 9.17) is 0 Å². The summed E-state index contributed by atoms with van der Waals surface area (Å²) >= 11 is 0. The molecule has 0 aromatic carbocycles. The fraction of sp³-hybridized carbons (Fsp3) is 0.556. The van der Waals surface area contributed by atoms with Crippen molar-refractivity contribution in [2.24, 2.45) is 11.8 Å². The Morgan fingerprint density at radius 2 is 1.78 bits per heavy atom. The molecule has 9 heteroatoms. The first-order chi connectivity index (χ1) is 12.9. The van der Waals surface area contributed by atoms with Gasteiger partial charge in [0.2, 0.25) is 11.9 Å². The summed E-state index contributed by atoms with van der Waals surface area (Å²) in [6.07, 6.45) is 0.147. The molecule has 0 radical (unpaired) electrons. The van der Waals surface area contributed by atoms with Crippen LogP contribution in [-0.4, -0.2) is 32.5 Å². The van der Waals surface area contributed by atoms with E-state index in [0.29, 0.717) is 23.7 Å². The Labute approximate surface area is 155 Å². The van der Waals surface area contributed by atoms with Gasteiger partial charge in [-0.15, -0.1) is 0 Å². The van der Waals surface area contributed by atoms with E-state index in [1.165, 1.54) is 25.0 Å². The molecular weight excluding hydrogens is 357 g/mol. The molecule has 2 aliphatic rings. The molecule has 1 atom stereocenters. The summed E-state index contributed by atoms with van der Waals surface area (Å²) in [6, 6.07) is 3.92.